The number of hydrogen-bond acceptors (Lipinski definition) is 2. The Morgan fingerprint density at radius 3 is 2.82 bits per heavy atom. The first-order chi connectivity index (χ1) is 5.27. The average molecular weight is 213 g/mol. The van der Waals surface area contributed by atoms with E-state index in [4.69, 9.17) is 5.41 Å². The van der Waals surface area contributed by atoms with Gasteiger partial charge in [0.05, 0.1) is 0 Å². The maximum atomic E-state index is 7.08. The van der Waals surface area contributed by atoms with Crippen molar-refractivity contribution in [3.63, 3.8) is 0 Å². The second-order valence-corrected chi connectivity index (χ2v) is 3.04. The van der Waals surface area contributed by atoms with Gasteiger partial charge in [-0.3, -0.25) is 0 Å². The van der Waals surface area contributed by atoms with Crippen LogP contribution in [-0.4, -0.2) is 13.3 Å². The Hall–Kier alpha value is -0.830. The molecule has 0 radical (unpaired) electrons. The zero-order valence-electron chi connectivity index (χ0n) is 6.19. The molecule has 2 nitrogen and oxygen atoms in total. The lowest BCUT2D eigenvalue weighted by molar-refractivity contribution is 1.46. The van der Waals surface area contributed by atoms with Crippen molar-refractivity contribution in [3.05, 3.63) is 28.2 Å². The van der Waals surface area contributed by atoms with Gasteiger partial charge in [-0.05, 0) is 12.1 Å². The Balaban J connectivity index is 3.16. The molecule has 2 N–H and O–H groups in total. The van der Waals surface area contributed by atoms with Crippen LogP contribution in [0.25, 0.3) is 0 Å². The summed E-state index contributed by atoms with van der Waals surface area (Å²) in [7, 11) is 1.84. The van der Waals surface area contributed by atoms with Crippen LogP contribution in [0.4, 0.5) is 5.69 Å². The molecular weight excluding hydrogens is 204 g/mol. The van der Waals surface area contributed by atoms with E-state index < -0.39 is 0 Å². The van der Waals surface area contributed by atoms with Gasteiger partial charge in [-0.1, -0.05) is 22.0 Å². The van der Waals surface area contributed by atoms with Gasteiger partial charge < -0.3 is 10.7 Å². The van der Waals surface area contributed by atoms with Crippen LogP contribution in [0, 0.1) is 5.41 Å². The molecule has 0 atom stereocenters. The van der Waals surface area contributed by atoms with Crippen LogP contribution in [0.1, 0.15) is 5.56 Å². The molecule has 11 heavy (non-hydrogen) atoms. The van der Waals surface area contributed by atoms with Gasteiger partial charge in [0.2, 0.25) is 0 Å². The zero-order valence-corrected chi connectivity index (χ0v) is 7.77. The van der Waals surface area contributed by atoms with E-state index in [0.29, 0.717) is 0 Å². The van der Waals surface area contributed by atoms with Gasteiger partial charge in [-0.15, -0.1) is 0 Å². The molecular formula is C8H9BrN2. The average Bonchev–Trinajstić information content (AvgIpc) is 2.04. The summed E-state index contributed by atoms with van der Waals surface area (Å²) in [4.78, 5) is 0. The van der Waals surface area contributed by atoms with Crippen molar-refractivity contribution in [2.75, 3.05) is 12.4 Å². The van der Waals surface area contributed by atoms with Crippen LogP contribution >= 0.6 is 15.9 Å². The Morgan fingerprint density at radius 1 is 1.55 bits per heavy atom. The van der Waals surface area contributed by atoms with Crippen LogP contribution in [0.5, 0.6) is 0 Å². The Labute approximate surface area is 74.3 Å². The summed E-state index contributed by atoms with van der Waals surface area (Å²) in [5, 5.41) is 10.1. The predicted molar refractivity (Wildman–Crippen MR) is 51.6 cm³/mol. The zero-order chi connectivity index (χ0) is 8.27. The summed E-state index contributed by atoms with van der Waals surface area (Å²) in [5.41, 5.74) is 1.87. The normalized spacial score (nSPS) is 9.27. The molecule has 0 aromatic heterocycles. The third-order valence-electron chi connectivity index (χ3n) is 1.44. The summed E-state index contributed by atoms with van der Waals surface area (Å²) in [6.07, 6.45) is 1.33. The van der Waals surface area contributed by atoms with E-state index in [2.05, 4.69) is 21.2 Å². The molecule has 0 aliphatic heterocycles. The second-order valence-electron chi connectivity index (χ2n) is 2.13. The number of halogens is 1. The molecule has 0 heterocycles. The third kappa shape index (κ3) is 1.80. The molecule has 0 amide bonds. The van der Waals surface area contributed by atoms with Crippen LogP contribution in [0.15, 0.2) is 22.7 Å². The first kappa shape index (κ1) is 8.27. The molecule has 0 fully saturated rings. The van der Waals surface area contributed by atoms with E-state index in [1.165, 1.54) is 6.21 Å². The van der Waals surface area contributed by atoms with Crippen molar-refractivity contribution in [1.29, 1.82) is 5.41 Å². The Morgan fingerprint density at radius 2 is 2.27 bits per heavy atom. The summed E-state index contributed by atoms with van der Waals surface area (Å²) < 4.78 is 1.02. The summed E-state index contributed by atoms with van der Waals surface area (Å²) in [6, 6.07) is 5.75. The monoisotopic (exact) mass is 212 g/mol. The van der Waals surface area contributed by atoms with Gasteiger partial charge in [0.15, 0.2) is 0 Å². The lowest BCUT2D eigenvalue weighted by Crippen LogP contribution is -1.93. The van der Waals surface area contributed by atoms with Crippen molar-refractivity contribution in [2.45, 2.75) is 0 Å². The summed E-state index contributed by atoms with van der Waals surface area (Å²) >= 11 is 3.35. The fourth-order valence-corrected chi connectivity index (χ4v) is 1.23. The van der Waals surface area contributed by atoms with Gasteiger partial charge >= 0.3 is 0 Å². The minimum absolute atomic E-state index is 0.899. The molecule has 0 bridgehead atoms. The van der Waals surface area contributed by atoms with Gasteiger partial charge in [0.1, 0.15) is 0 Å². The Kier molecular flexibility index (Phi) is 2.65. The highest BCUT2D eigenvalue weighted by atomic mass is 79.9. The molecule has 58 valence electrons. The van der Waals surface area contributed by atoms with Gasteiger partial charge in [-0.2, -0.15) is 0 Å². The summed E-state index contributed by atoms with van der Waals surface area (Å²) in [6.45, 7) is 0. The highest BCUT2D eigenvalue weighted by Gasteiger charge is 1.96. The molecule has 0 aliphatic rings. The molecule has 0 saturated heterocycles. The smallest absolute Gasteiger partial charge is 0.0437 e. The van der Waals surface area contributed by atoms with E-state index in [9.17, 15) is 0 Å². The topological polar surface area (TPSA) is 35.9 Å². The first-order valence-corrected chi connectivity index (χ1v) is 4.05. The molecule has 0 saturated carbocycles. The minimum Gasteiger partial charge on any atom is -0.388 e. The van der Waals surface area contributed by atoms with E-state index in [-0.39, 0.29) is 0 Å². The highest BCUT2D eigenvalue weighted by Crippen LogP contribution is 2.19. The number of anilines is 1. The van der Waals surface area contributed by atoms with Gasteiger partial charge in [0, 0.05) is 29.0 Å². The summed E-state index contributed by atoms with van der Waals surface area (Å²) in [5.74, 6) is 0. The predicted octanol–water partition coefficient (Wildman–Crippen LogP) is 2.49. The van der Waals surface area contributed by atoms with Crippen molar-refractivity contribution in [1.82, 2.24) is 0 Å². The largest absolute Gasteiger partial charge is 0.388 e. The lowest BCUT2D eigenvalue weighted by atomic mass is 10.2. The third-order valence-corrected chi connectivity index (χ3v) is 1.93. The number of nitrogens with one attached hydrogen (secondary N) is 2. The van der Waals surface area contributed by atoms with Crippen molar-refractivity contribution >= 4 is 27.8 Å². The molecule has 0 aliphatic carbocycles. The molecule has 3 heteroatoms. The fraction of sp³-hybridized carbons (Fsp3) is 0.125. The van der Waals surface area contributed by atoms with Crippen molar-refractivity contribution in [3.8, 4) is 0 Å². The fourth-order valence-electron chi connectivity index (χ4n) is 0.871. The standard InChI is InChI=1S/C8H9BrN2/c1-11-8-4-7(9)3-2-6(8)5-10/h2-5,10-11H,1H3. The van der Waals surface area contributed by atoms with Crippen LogP contribution < -0.4 is 5.32 Å². The maximum Gasteiger partial charge on any atom is 0.0437 e. The van der Waals surface area contributed by atoms with Gasteiger partial charge in [0.25, 0.3) is 0 Å². The lowest BCUT2D eigenvalue weighted by Gasteiger charge is -2.03. The molecule has 0 spiro atoms. The minimum atomic E-state index is 0.899. The van der Waals surface area contributed by atoms with Crippen LogP contribution in [0.3, 0.4) is 0 Å². The molecule has 1 rings (SSSR count). The molecule has 0 unspecified atom stereocenters. The SMILES string of the molecule is CNc1cc(Br)ccc1C=N. The molecule has 1 aromatic carbocycles. The van der Waals surface area contributed by atoms with E-state index in [1.807, 2.05) is 25.2 Å². The van der Waals surface area contributed by atoms with Crippen molar-refractivity contribution in [2.24, 2.45) is 0 Å². The number of rotatable bonds is 2. The first-order valence-electron chi connectivity index (χ1n) is 3.25. The number of benzene rings is 1. The molecule has 1 aromatic rings. The second kappa shape index (κ2) is 3.53. The van der Waals surface area contributed by atoms with Crippen molar-refractivity contribution < 1.29 is 0 Å². The quantitative estimate of drug-likeness (QED) is 0.727. The van der Waals surface area contributed by atoms with Crippen LogP contribution in [-0.2, 0) is 0 Å². The number of hydrogen-bond donors (Lipinski definition) is 2. The Bertz CT molecular complexity index is 271. The van der Waals surface area contributed by atoms with Crippen LogP contribution in [0.2, 0.25) is 0 Å². The highest BCUT2D eigenvalue weighted by molar-refractivity contribution is 9.10. The van der Waals surface area contributed by atoms with E-state index in [0.717, 1.165) is 15.7 Å². The van der Waals surface area contributed by atoms with E-state index in [1.54, 1.807) is 0 Å². The maximum absolute atomic E-state index is 7.08. The van der Waals surface area contributed by atoms with Gasteiger partial charge in [-0.25, -0.2) is 0 Å². The van der Waals surface area contributed by atoms with E-state index >= 15 is 0 Å².